The number of hydrogen-bond donors (Lipinski definition) is 1. The number of anilines is 2. The molecule has 0 fully saturated rings. The molecule has 0 spiro atoms. The molecule has 110 valence electrons. The van der Waals surface area contributed by atoms with Crippen molar-refractivity contribution in [3.8, 4) is 0 Å². The van der Waals surface area contributed by atoms with Gasteiger partial charge in [-0.25, -0.2) is 0 Å². The lowest BCUT2D eigenvalue weighted by Gasteiger charge is -2.21. The fraction of sp³-hybridized carbons (Fsp3) is 0.278. The molecule has 0 unspecified atom stereocenters. The molecule has 0 aliphatic carbocycles. The summed E-state index contributed by atoms with van der Waals surface area (Å²) in [6.45, 7) is 7.10. The second kappa shape index (κ2) is 6.93. The summed E-state index contributed by atoms with van der Waals surface area (Å²) >= 11 is 0. The van der Waals surface area contributed by atoms with Crippen molar-refractivity contribution < 1.29 is 4.79 Å². The number of likely N-dealkylation sites (N-methyl/N-ethyl adjacent to an activating group) is 1. The smallest absolute Gasteiger partial charge is 0.246 e. The monoisotopic (exact) mass is 282 g/mol. The van der Waals surface area contributed by atoms with E-state index < -0.39 is 0 Å². The maximum absolute atomic E-state index is 12.4. The van der Waals surface area contributed by atoms with Crippen LogP contribution in [-0.4, -0.2) is 19.0 Å². The number of carbonyl (C=O) groups is 1. The van der Waals surface area contributed by atoms with E-state index in [9.17, 15) is 4.79 Å². The zero-order chi connectivity index (χ0) is 15.2. The SMILES string of the molecule is CCN(C(=O)CNc1ccc(C)c(C)c1)c1ccccc1. The van der Waals surface area contributed by atoms with Crippen molar-refractivity contribution in [1.82, 2.24) is 0 Å². The third-order valence-corrected chi connectivity index (χ3v) is 3.64. The first-order valence-electron chi connectivity index (χ1n) is 7.28. The summed E-state index contributed by atoms with van der Waals surface area (Å²) in [6.07, 6.45) is 0. The Morgan fingerprint density at radius 1 is 1.05 bits per heavy atom. The van der Waals surface area contributed by atoms with Gasteiger partial charge in [0.2, 0.25) is 5.91 Å². The van der Waals surface area contributed by atoms with Crippen molar-refractivity contribution in [2.45, 2.75) is 20.8 Å². The largest absolute Gasteiger partial charge is 0.376 e. The summed E-state index contributed by atoms with van der Waals surface area (Å²) in [5, 5.41) is 3.21. The van der Waals surface area contributed by atoms with Crippen LogP contribution in [0.2, 0.25) is 0 Å². The Bertz CT molecular complexity index is 608. The van der Waals surface area contributed by atoms with Gasteiger partial charge < -0.3 is 10.2 Å². The predicted molar refractivity (Wildman–Crippen MR) is 88.9 cm³/mol. The second-order valence-corrected chi connectivity index (χ2v) is 5.13. The topological polar surface area (TPSA) is 32.3 Å². The van der Waals surface area contributed by atoms with Gasteiger partial charge in [0, 0.05) is 17.9 Å². The van der Waals surface area contributed by atoms with Gasteiger partial charge in [-0.1, -0.05) is 24.3 Å². The van der Waals surface area contributed by atoms with Crippen molar-refractivity contribution in [3.63, 3.8) is 0 Å². The molecule has 2 aromatic carbocycles. The van der Waals surface area contributed by atoms with E-state index in [0.29, 0.717) is 13.1 Å². The summed E-state index contributed by atoms with van der Waals surface area (Å²) in [5.74, 6) is 0.0712. The lowest BCUT2D eigenvalue weighted by molar-refractivity contribution is -0.116. The lowest BCUT2D eigenvalue weighted by Crippen LogP contribution is -2.35. The average Bonchev–Trinajstić information content (AvgIpc) is 2.50. The minimum atomic E-state index is 0.0712. The third-order valence-electron chi connectivity index (χ3n) is 3.64. The molecule has 0 saturated carbocycles. The van der Waals surface area contributed by atoms with Crippen molar-refractivity contribution in [2.24, 2.45) is 0 Å². The van der Waals surface area contributed by atoms with Crippen molar-refractivity contribution >= 4 is 17.3 Å². The van der Waals surface area contributed by atoms with Crippen LogP contribution >= 0.6 is 0 Å². The first-order chi connectivity index (χ1) is 10.1. The fourth-order valence-electron chi connectivity index (χ4n) is 2.24. The normalized spacial score (nSPS) is 10.2. The van der Waals surface area contributed by atoms with Crippen molar-refractivity contribution in [2.75, 3.05) is 23.3 Å². The van der Waals surface area contributed by atoms with Gasteiger partial charge in [-0.15, -0.1) is 0 Å². The van der Waals surface area contributed by atoms with E-state index in [2.05, 4.69) is 31.3 Å². The van der Waals surface area contributed by atoms with Crippen LogP contribution in [0, 0.1) is 13.8 Å². The van der Waals surface area contributed by atoms with E-state index >= 15 is 0 Å². The highest BCUT2D eigenvalue weighted by Gasteiger charge is 2.13. The number of rotatable bonds is 5. The number of amides is 1. The summed E-state index contributed by atoms with van der Waals surface area (Å²) in [5.41, 5.74) is 4.40. The Morgan fingerprint density at radius 2 is 1.76 bits per heavy atom. The molecule has 0 saturated heterocycles. The maximum Gasteiger partial charge on any atom is 0.246 e. The van der Waals surface area contributed by atoms with Crippen LogP contribution in [0.4, 0.5) is 11.4 Å². The Kier molecular flexibility index (Phi) is 4.99. The quantitative estimate of drug-likeness (QED) is 0.905. The highest BCUT2D eigenvalue weighted by Crippen LogP contribution is 2.15. The maximum atomic E-state index is 12.4. The molecule has 0 radical (unpaired) electrons. The lowest BCUT2D eigenvalue weighted by atomic mass is 10.1. The standard InChI is InChI=1S/C18H22N2O/c1-4-20(17-8-6-5-7-9-17)18(21)13-19-16-11-10-14(2)15(3)12-16/h5-12,19H,4,13H2,1-3H3. The second-order valence-electron chi connectivity index (χ2n) is 5.13. The van der Waals surface area contributed by atoms with Gasteiger partial charge in [-0.05, 0) is 56.2 Å². The molecule has 1 amide bonds. The van der Waals surface area contributed by atoms with E-state index in [4.69, 9.17) is 0 Å². The van der Waals surface area contributed by atoms with Gasteiger partial charge in [0.15, 0.2) is 0 Å². The average molecular weight is 282 g/mol. The van der Waals surface area contributed by atoms with Crippen molar-refractivity contribution in [1.29, 1.82) is 0 Å². The molecule has 0 heterocycles. The Hall–Kier alpha value is -2.29. The van der Waals surface area contributed by atoms with Crippen LogP contribution in [0.15, 0.2) is 48.5 Å². The minimum Gasteiger partial charge on any atom is -0.376 e. The molecule has 0 aromatic heterocycles. The zero-order valence-corrected chi connectivity index (χ0v) is 12.9. The molecular formula is C18H22N2O. The number of hydrogen-bond acceptors (Lipinski definition) is 2. The van der Waals surface area contributed by atoms with Gasteiger partial charge >= 0.3 is 0 Å². The Labute approximate surface area is 126 Å². The molecule has 2 rings (SSSR count). The molecular weight excluding hydrogens is 260 g/mol. The molecule has 21 heavy (non-hydrogen) atoms. The molecule has 0 aliphatic rings. The van der Waals surface area contributed by atoms with Crippen LogP contribution in [0.1, 0.15) is 18.1 Å². The molecule has 0 aliphatic heterocycles. The number of para-hydroxylation sites is 1. The highest BCUT2D eigenvalue weighted by atomic mass is 16.2. The molecule has 0 bridgehead atoms. The van der Waals surface area contributed by atoms with Crippen LogP contribution in [0.25, 0.3) is 0 Å². The third kappa shape index (κ3) is 3.85. The first-order valence-corrected chi connectivity index (χ1v) is 7.28. The molecule has 3 nitrogen and oxygen atoms in total. The van der Waals surface area contributed by atoms with Gasteiger partial charge in [0.25, 0.3) is 0 Å². The van der Waals surface area contributed by atoms with Gasteiger partial charge in [0.1, 0.15) is 0 Å². The molecule has 3 heteroatoms. The van der Waals surface area contributed by atoms with Crippen LogP contribution < -0.4 is 10.2 Å². The van der Waals surface area contributed by atoms with E-state index in [1.165, 1.54) is 11.1 Å². The summed E-state index contributed by atoms with van der Waals surface area (Å²) in [7, 11) is 0. The van der Waals surface area contributed by atoms with E-state index in [0.717, 1.165) is 11.4 Å². The summed E-state index contributed by atoms with van der Waals surface area (Å²) < 4.78 is 0. The highest BCUT2D eigenvalue weighted by molar-refractivity contribution is 5.96. The number of benzene rings is 2. The van der Waals surface area contributed by atoms with Crippen LogP contribution in [0.3, 0.4) is 0 Å². The predicted octanol–water partition coefficient (Wildman–Crippen LogP) is 3.77. The number of nitrogens with one attached hydrogen (secondary N) is 1. The summed E-state index contributed by atoms with van der Waals surface area (Å²) in [4.78, 5) is 14.1. The van der Waals surface area contributed by atoms with Gasteiger partial charge in [-0.3, -0.25) is 4.79 Å². The number of nitrogens with zero attached hydrogens (tertiary/aromatic N) is 1. The van der Waals surface area contributed by atoms with Crippen LogP contribution in [0.5, 0.6) is 0 Å². The van der Waals surface area contributed by atoms with Crippen LogP contribution in [-0.2, 0) is 4.79 Å². The van der Waals surface area contributed by atoms with Crippen molar-refractivity contribution in [3.05, 3.63) is 59.7 Å². The Balaban J connectivity index is 2.01. The molecule has 0 atom stereocenters. The van der Waals surface area contributed by atoms with E-state index in [1.807, 2.05) is 43.3 Å². The van der Waals surface area contributed by atoms with E-state index in [-0.39, 0.29) is 5.91 Å². The molecule has 1 N–H and O–H groups in total. The zero-order valence-electron chi connectivity index (χ0n) is 12.9. The molecule has 2 aromatic rings. The van der Waals surface area contributed by atoms with E-state index in [1.54, 1.807) is 4.90 Å². The number of aryl methyl sites for hydroxylation is 2. The summed E-state index contributed by atoms with van der Waals surface area (Å²) in [6, 6.07) is 15.9. The first kappa shape index (κ1) is 15.1. The number of carbonyl (C=O) groups excluding carboxylic acids is 1. The Morgan fingerprint density at radius 3 is 2.38 bits per heavy atom. The fourth-order valence-corrected chi connectivity index (χ4v) is 2.24. The van der Waals surface area contributed by atoms with Gasteiger partial charge in [0.05, 0.1) is 6.54 Å². The minimum absolute atomic E-state index is 0.0712. The van der Waals surface area contributed by atoms with Gasteiger partial charge in [-0.2, -0.15) is 0 Å².